The predicted octanol–water partition coefficient (Wildman–Crippen LogP) is 2.49. The molecule has 104 valence electrons. The van der Waals surface area contributed by atoms with Crippen LogP contribution in [0.4, 0.5) is 5.69 Å². The van der Waals surface area contributed by atoms with Crippen LogP contribution in [0.2, 0.25) is 0 Å². The van der Waals surface area contributed by atoms with Crippen LogP contribution in [0.3, 0.4) is 0 Å². The Kier molecular flexibility index (Phi) is 2.99. The summed E-state index contributed by atoms with van der Waals surface area (Å²) >= 11 is 0. The number of ether oxygens (including phenoxy) is 2. The number of esters is 1. The van der Waals surface area contributed by atoms with E-state index in [2.05, 4.69) is 10.1 Å². The van der Waals surface area contributed by atoms with Crippen molar-refractivity contribution in [2.24, 2.45) is 0 Å². The van der Waals surface area contributed by atoms with Crippen molar-refractivity contribution in [1.29, 1.82) is 0 Å². The standard InChI is InChI=1S/C15H15NO4/c1-8-14(20-8)16-11-3-4-12-9(6-11)5-10(7-13(12)17)15(18)19-2/h3-8,14,16-17H,1-2H3. The number of aromatic hydroxyl groups is 1. The number of phenols is 1. The summed E-state index contributed by atoms with van der Waals surface area (Å²) in [6.45, 7) is 1.99. The van der Waals surface area contributed by atoms with Crippen LogP contribution in [-0.2, 0) is 9.47 Å². The van der Waals surface area contributed by atoms with Crippen molar-refractivity contribution < 1.29 is 19.4 Å². The lowest BCUT2D eigenvalue weighted by molar-refractivity contribution is 0.0600. The van der Waals surface area contributed by atoms with Crippen LogP contribution in [0.1, 0.15) is 17.3 Å². The van der Waals surface area contributed by atoms with Gasteiger partial charge in [-0.25, -0.2) is 4.79 Å². The SMILES string of the molecule is COC(=O)c1cc(O)c2ccc(NC3OC3C)cc2c1. The minimum Gasteiger partial charge on any atom is -0.507 e. The first-order valence-electron chi connectivity index (χ1n) is 6.35. The second-order valence-corrected chi connectivity index (χ2v) is 4.83. The summed E-state index contributed by atoms with van der Waals surface area (Å²) in [6.07, 6.45) is 0.241. The minimum atomic E-state index is -0.472. The summed E-state index contributed by atoms with van der Waals surface area (Å²) in [5.41, 5.74) is 1.21. The molecule has 1 aliphatic heterocycles. The molecule has 0 radical (unpaired) electrons. The maximum Gasteiger partial charge on any atom is 0.338 e. The van der Waals surface area contributed by atoms with E-state index in [1.807, 2.05) is 19.1 Å². The maximum atomic E-state index is 11.6. The number of hydrogen-bond acceptors (Lipinski definition) is 5. The normalized spacial score (nSPS) is 20.7. The summed E-state index contributed by atoms with van der Waals surface area (Å²) < 4.78 is 9.97. The first-order chi connectivity index (χ1) is 9.58. The molecular formula is C15H15NO4. The number of carbonyl (C=O) groups excluding carboxylic acids is 1. The molecule has 0 aromatic heterocycles. The number of epoxide rings is 1. The average molecular weight is 273 g/mol. The zero-order valence-corrected chi connectivity index (χ0v) is 11.2. The predicted molar refractivity (Wildman–Crippen MR) is 74.9 cm³/mol. The third kappa shape index (κ3) is 2.28. The summed E-state index contributed by atoms with van der Waals surface area (Å²) in [5.74, 6) is -0.412. The summed E-state index contributed by atoms with van der Waals surface area (Å²) in [7, 11) is 1.31. The third-order valence-electron chi connectivity index (χ3n) is 3.37. The summed E-state index contributed by atoms with van der Waals surface area (Å²) in [4.78, 5) is 11.6. The van der Waals surface area contributed by atoms with Gasteiger partial charge in [0.25, 0.3) is 0 Å². The molecule has 2 aromatic carbocycles. The van der Waals surface area contributed by atoms with Crippen LogP contribution in [0.25, 0.3) is 10.8 Å². The van der Waals surface area contributed by atoms with Crippen molar-refractivity contribution in [3.05, 3.63) is 35.9 Å². The highest BCUT2D eigenvalue weighted by Crippen LogP contribution is 2.31. The van der Waals surface area contributed by atoms with E-state index >= 15 is 0 Å². The van der Waals surface area contributed by atoms with E-state index in [1.165, 1.54) is 13.2 Å². The molecule has 0 saturated carbocycles. The zero-order valence-electron chi connectivity index (χ0n) is 11.2. The highest BCUT2D eigenvalue weighted by Gasteiger charge is 2.33. The molecule has 5 nitrogen and oxygen atoms in total. The maximum absolute atomic E-state index is 11.6. The fraction of sp³-hybridized carbons (Fsp3) is 0.267. The molecule has 0 aliphatic carbocycles. The van der Waals surface area contributed by atoms with Gasteiger partial charge in [0, 0.05) is 11.1 Å². The lowest BCUT2D eigenvalue weighted by Gasteiger charge is -2.08. The smallest absolute Gasteiger partial charge is 0.338 e. The van der Waals surface area contributed by atoms with Gasteiger partial charge in [-0.3, -0.25) is 0 Å². The lowest BCUT2D eigenvalue weighted by atomic mass is 10.0. The van der Waals surface area contributed by atoms with Crippen LogP contribution < -0.4 is 5.32 Å². The van der Waals surface area contributed by atoms with E-state index in [4.69, 9.17) is 4.74 Å². The van der Waals surface area contributed by atoms with Crippen molar-refractivity contribution in [3.8, 4) is 5.75 Å². The molecule has 0 bridgehead atoms. The van der Waals surface area contributed by atoms with Gasteiger partial charge in [-0.15, -0.1) is 0 Å². The monoisotopic (exact) mass is 273 g/mol. The number of methoxy groups -OCH3 is 1. The highest BCUT2D eigenvalue weighted by atomic mass is 16.6. The molecule has 20 heavy (non-hydrogen) atoms. The first kappa shape index (κ1) is 12.7. The highest BCUT2D eigenvalue weighted by molar-refractivity contribution is 5.99. The number of benzene rings is 2. The van der Waals surface area contributed by atoms with E-state index in [9.17, 15) is 9.90 Å². The van der Waals surface area contributed by atoms with Gasteiger partial charge in [0.2, 0.25) is 0 Å². The molecule has 1 aliphatic rings. The van der Waals surface area contributed by atoms with Crippen molar-refractivity contribution in [2.75, 3.05) is 12.4 Å². The molecule has 5 heteroatoms. The Morgan fingerprint density at radius 2 is 2.10 bits per heavy atom. The van der Waals surface area contributed by atoms with E-state index in [0.717, 1.165) is 11.1 Å². The number of fused-ring (bicyclic) bond motifs is 1. The van der Waals surface area contributed by atoms with Crippen LogP contribution in [0, 0.1) is 0 Å². The van der Waals surface area contributed by atoms with E-state index in [0.29, 0.717) is 10.9 Å². The number of rotatable bonds is 3. The second-order valence-electron chi connectivity index (χ2n) is 4.83. The lowest BCUT2D eigenvalue weighted by Crippen LogP contribution is -2.05. The minimum absolute atomic E-state index is 0.0323. The van der Waals surface area contributed by atoms with Crippen LogP contribution >= 0.6 is 0 Å². The summed E-state index contributed by atoms with van der Waals surface area (Å²) in [5, 5.41) is 14.6. The molecule has 2 atom stereocenters. The van der Waals surface area contributed by atoms with Gasteiger partial charge in [0.05, 0.1) is 12.7 Å². The second kappa shape index (κ2) is 4.68. The van der Waals surface area contributed by atoms with E-state index in [1.54, 1.807) is 12.1 Å². The Bertz CT molecular complexity index is 683. The molecular weight excluding hydrogens is 258 g/mol. The topological polar surface area (TPSA) is 71.1 Å². The van der Waals surface area contributed by atoms with E-state index < -0.39 is 5.97 Å². The molecule has 2 N–H and O–H groups in total. The van der Waals surface area contributed by atoms with Gasteiger partial charge in [0.1, 0.15) is 11.9 Å². The Hall–Kier alpha value is -2.27. The van der Waals surface area contributed by atoms with Crippen molar-refractivity contribution in [2.45, 2.75) is 19.3 Å². The molecule has 0 spiro atoms. The van der Waals surface area contributed by atoms with E-state index in [-0.39, 0.29) is 18.1 Å². The number of phenolic OH excluding ortho intramolecular Hbond substituents is 1. The number of hydrogen-bond donors (Lipinski definition) is 2. The Labute approximate surface area is 116 Å². The third-order valence-corrected chi connectivity index (χ3v) is 3.37. The average Bonchev–Trinajstić information content (AvgIpc) is 3.12. The van der Waals surface area contributed by atoms with Crippen molar-refractivity contribution >= 4 is 22.4 Å². The van der Waals surface area contributed by atoms with Gasteiger partial charge in [0.15, 0.2) is 6.23 Å². The van der Waals surface area contributed by atoms with Gasteiger partial charge < -0.3 is 19.9 Å². The van der Waals surface area contributed by atoms with Crippen molar-refractivity contribution in [3.63, 3.8) is 0 Å². The molecule has 2 unspecified atom stereocenters. The summed E-state index contributed by atoms with van der Waals surface area (Å²) in [6, 6.07) is 8.65. The number of anilines is 1. The Morgan fingerprint density at radius 1 is 1.35 bits per heavy atom. The molecule has 0 amide bonds. The first-order valence-corrected chi connectivity index (χ1v) is 6.35. The molecule has 3 rings (SSSR count). The fourth-order valence-corrected chi connectivity index (χ4v) is 2.18. The number of carbonyl (C=O) groups is 1. The van der Waals surface area contributed by atoms with Crippen LogP contribution in [0.5, 0.6) is 5.75 Å². The van der Waals surface area contributed by atoms with Gasteiger partial charge in [-0.2, -0.15) is 0 Å². The Morgan fingerprint density at radius 3 is 2.75 bits per heavy atom. The molecule has 1 heterocycles. The largest absolute Gasteiger partial charge is 0.507 e. The fourth-order valence-electron chi connectivity index (χ4n) is 2.18. The molecule has 1 saturated heterocycles. The number of nitrogens with one attached hydrogen (secondary N) is 1. The van der Waals surface area contributed by atoms with Crippen LogP contribution in [0.15, 0.2) is 30.3 Å². The van der Waals surface area contributed by atoms with Gasteiger partial charge >= 0.3 is 5.97 Å². The molecule has 2 aromatic rings. The van der Waals surface area contributed by atoms with Crippen LogP contribution in [-0.4, -0.2) is 30.5 Å². The van der Waals surface area contributed by atoms with Gasteiger partial charge in [-0.1, -0.05) is 0 Å². The Balaban J connectivity index is 2.00. The molecule has 1 fully saturated rings. The quantitative estimate of drug-likeness (QED) is 0.664. The van der Waals surface area contributed by atoms with Crippen molar-refractivity contribution in [1.82, 2.24) is 0 Å². The van der Waals surface area contributed by atoms with Gasteiger partial charge in [-0.05, 0) is 42.6 Å². The zero-order chi connectivity index (χ0) is 14.3.